The molecule has 0 fully saturated rings. The number of fused-ring (bicyclic) bond motifs is 2. The number of alkyl halides is 3. The molecule has 2 N–H and O–H groups in total. The number of anilines is 1. The van der Waals surface area contributed by atoms with Gasteiger partial charge in [0.25, 0.3) is 5.91 Å². The molecule has 0 atom stereocenters. The molecule has 0 saturated heterocycles. The summed E-state index contributed by atoms with van der Waals surface area (Å²) in [6.45, 7) is 15.3. The fraction of sp³-hybridized carbons (Fsp3) is 0.364. The molecule has 0 aliphatic rings. The molecule has 0 unspecified atom stereocenters. The predicted octanol–water partition coefficient (Wildman–Crippen LogP) is 7.96. The topological polar surface area (TPSA) is 94.1 Å². The summed E-state index contributed by atoms with van der Waals surface area (Å²) >= 11 is 0. The molecule has 11 heteroatoms. The number of carbonyl (C=O) groups excluding carboxylic acids is 1. The first-order valence-corrected chi connectivity index (χ1v) is 14.4. The normalized spacial score (nSPS) is 12.3. The lowest BCUT2D eigenvalue weighted by atomic mass is 9.83. The largest absolute Gasteiger partial charge is 0.489 e. The number of aromatic amines is 1. The number of ether oxygens (including phenoxy) is 2. The van der Waals surface area contributed by atoms with Crippen LogP contribution in [-0.2, 0) is 18.1 Å². The lowest BCUT2D eigenvalue weighted by Crippen LogP contribution is -2.18. The smallest absolute Gasteiger partial charge is 0.433 e. The zero-order valence-electron chi connectivity index (χ0n) is 25.8. The maximum Gasteiger partial charge on any atom is 0.433 e. The van der Waals surface area contributed by atoms with E-state index in [0.29, 0.717) is 41.4 Å². The van der Waals surface area contributed by atoms with Gasteiger partial charge in [0.2, 0.25) is 0 Å². The van der Waals surface area contributed by atoms with Crippen molar-refractivity contribution in [3.63, 3.8) is 0 Å². The van der Waals surface area contributed by atoms with Crippen LogP contribution in [0.2, 0.25) is 0 Å². The van der Waals surface area contributed by atoms with E-state index < -0.39 is 17.8 Å². The predicted molar refractivity (Wildman–Crippen MR) is 165 cm³/mol. The summed E-state index contributed by atoms with van der Waals surface area (Å²) in [6, 6.07) is 10.8. The molecule has 0 radical (unpaired) electrons. The van der Waals surface area contributed by atoms with Crippen molar-refractivity contribution in [1.82, 2.24) is 19.7 Å². The summed E-state index contributed by atoms with van der Waals surface area (Å²) in [7, 11) is 0. The van der Waals surface area contributed by atoms with Crippen molar-refractivity contribution in [2.24, 2.45) is 0 Å². The van der Waals surface area contributed by atoms with Crippen LogP contribution in [0.4, 0.5) is 18.9 Å². The molecule has 232 valence electrons. The Morgan fingerprint density at radius 1 is 1.07 bits per heavy atom. The van der Waals surface area contributed by atoms with Gasteiger partial charge in [-0.05, 0) is 68.5 Å². The zero-order chi connectivity index (χ0) is 32.0. The molecule has 0 aliphatic heterocycles. The number of nitrogens with one attached hydrogen (secondary N) is 2. The van der Waals surface area contributed by atoms with E-state index in [1.54, 1.807) is 16.8 Å². The number of rotatable bonds is 8. The quantitative estimate of drug-likeness (QED) is 0.187. The number of halogens is 3. The van der Waals surface area contributed by atoms with Crippen molar-refractivity contribution in [2.45, 2.75) is 72.7 Å². The van der Waals surface area contributed by atoms with Crippen molar-refractivity contribution in [2.75, 3.05) is 11.9 Å². The summed E-state index contributed by atoms with van der Waals surface area (Å²) in [5.41, 5.74) is 4.07. The van der Waals surface area contributed by atoms with E-state index in [9.17, 15) is 18.0 Å². The molecule has 8 nitrogen and oxygen atoms in total. The molecule has 1 amide bonds. The molecule has 0 aliphatic carbocycles. The van der Waals surface area contributed by atoms with Crippen molar-refractivity contribution in [3.8, 4) is 11.6 Å². The molecular formula is C33H36F3N5O3. The third kappa shape index (κ3) is 6.36. The van der Waals surface area contributed by atoms with Crippen LogP contribution >= 0.6 is 0 Å². The highest BCUT2D eigenvalue weighted by atomic mass is 19.4. The molecule has 0 bridgehead atoms. The van der Waals surface area contributed by atoms with E-state index in [1.807, 2.05) is 20.0 Å². The van der Waals surface area contributed by atoms with E-state index >= 15 is 0 Å². The van der Waals surface area contributed by atoms with E-state index in [-0.39, 0.29) is 17.2 Å². The summed E-state index contributed by atoms with van der Waals surface area (Å²) in [4.78, 5) is 19.8. The summed E-state index contributed by atoms with van der Waals surface area (Å²) in [5.74, 6) is 0.267. The SMILES string of the molecule is Cc1c(C(C)(C)C)ccc2[nH]c(OCCn3cc4cc(NC(=O)c5cccc(C(F)(F)F)n5)c(OC(C)C)cc4n3)c(C)c12. The Kier molecular flexibility index (Phi) is 8.09. The average Bonchev–Trinajstić information content (AvgIpc) is 3.47. The molecular weight excluding hydrogens is 571 g/mol. The summed E-state index contributed by atoms with van der Waals surface area (Å²) in [6.07, 6.45) is -3.08. The maximum absolute atomic E-state index is 13.1. The third-order valence-corrected chi connectivity index (χ3v) is 7.34. The van der Waals surface area contributed by atoms with Gasteiger partial charge in [0, 0.05) is 34.1 Å². The number of pyridine rings is 1. The number of nitrogens with zero attached hydrogens (tertiary/aromatic N) is 3. The van der Waals surface area contributed by atoms with Gasteiger partial charge in [-0.2, -0.15) is 18.3 Å². The average molecular weight is 608 g/mol. The van der Waals surface area contributed by atoms with Crippen LogP contribution in [0.25, 0.3) is 21.8 Å². The van der Waals surface area contributed by atoms with Crippen LogP contribution in [0.15, 0.2) is 48.7 Å². The molecule has 2 aromatic carbocycles. The lowest BCUT2D eigenvalue weighted by molar-refractivity contribution is -0.141. The van der Waals surface area contributed by atoms with Crippen LogP contribution in [-0.4, -0.2) is 38.4 Å². The van der Waals surface area contributed by atoms with Crippen molar-refractivity contribution < 1.29 is 27.4 Å². The summed E-state index contributed by atoms with van der Waals surface area (Å²) < 4.78 is 53.2. The minimum atomic E-state index is -4.67. The Balaban J connectivity index is 1.35. The van der Waals surface area contributed by atoms with Gasteiger partial charge >= 0.3 is 6.18 Å². The fourth-order valence-electron chi connectivity index (χ4n) is 5.40. The highest BCUT2D eigenvalue weighted by Crippen LogP contribution is 2.36. The third-order valence-electron chi connectivity index (χ3n) is 7.34. The lowest BCUT2D eigenvalue weighted by Gasteiger charge is -2.22. The molecule has 3 heterocycles. The second-order valence-corrected chi connectivity index (χ2v) is 12.2. The number of aromatic nitrogens is 4. The van der Waals surface area contributed by atoms with Gasteiger partial charge in [0.1, 0.15) is 23.7 Å². The molecule has 0 saturated carbocycles. The number of aryl methyl sites for hydroxylation is 2. The monoisotopic (exact) mass is 607 g/mol. The van der Waals surface area contributed by atoms with Crippen LogP contribution < -0.4 is 14.8 Å². The zero-order valence-corrected chi connectivity index (χ0v) is 25.8. The number of hydrogen-bond donors (Lipinski definition) is 2. The van der Waals surface area contributed by atoms with Crippen molar-refractivity contribution in [1.29, 1.82) is 0 Å². The standard InChI is InChI=1S/C33H36F3N5O3/c1-18(2)44-27-16-25-21(15-26(27)38-30(42)24-9-8-10-28(37-24)33(34,35)36)17-41(40-25)13-14-43-31-20(4)29-19(3)22(32(5,6)7)11-12-23(29)39-31/h8-12,15-18,39H,13-14H2,1-7H3,(H,38,42). The van der Waals surface area contributed by atoms with E-state index in [1.165, 1.54) is 22.6 Å². The highest BCUT2D eigenvalue weighted by molar-refractivity contribution is 6.05. The van der Waals surface area contributed by atoms with Crippen LogP contribution in [0.1, 0.15) is 67.5 Å². The van der Waals surface area contributed by atoms with Crippen LogP contribution in [0.5, 0.6) is 11.6 Å². The molecule has 44 heavy (non-hydrogen) atoms. The van der Waals surface area contributed by atoms with Gasteiger partial charge in [-0.3, -0.25) is 9.48 Å². The Hall–Kier alpha value is -4.54. The van der Waals surface area contributed by atoms with E-state index in [4.69, 9.17) is 9.47 Å². The minimum absolute atomic E-state index is 0.0307. The highest BCUT2D eigenvalue weighted by Gasteiger charge is 2.33. The maximum atomic E-state index is 13.1. The molecule has 5 rings (SSSR count). The first-order chi connectivity index (χ1) is 20.6. The van der Waals surface area contributed by atoms with E-state index in [0.717, 1.165) is 23.2 Å². The number of hydrogen-bond acceptors (Lipinski definition) is 5. The molecule has 0 spiro atoms. The van der Waals surface area contributed by atoms with Gasteiger partial charge in [0.05, 0.1) is 23.9 Å². The fourth-order valence-corrected chi connectivity index (χ4v) is 5.40. The Bertz CT molecular complexity index is 1850. The number of amides is 1. The van der Waals surface area contributed by atoms with Gasteiger partial charge in [0.15, 0.2) is 5.88 Å². The summed E-state index contributed by atoms with van der Waals surface area (Å²) in [5, 5.41) is 9.18. The first kappa shape index (κ1) is 30.9. The number of H-pyrrole nitrogens is 1. The van der Waals surface area contributed by atoms with Gasteiger partial charge < -0.3 is 19.8 Å². The number of benzene rings is 2. The van der Waals surface area contributed by atoms with Gasteiger partial charge in [-0.15, -0.1) is 0 Å². The first-order valence-electron chi connectivity index (χ1n) is 14.4. The van der Waals surface area contributed by atoms with Crippen molar-refractivity contribution >= 4 is 33.4 Å². The molecule has 3 aromatic heterocycles. The van der Waals surface area contributed by atoms with E-state index in [2.05, 4.69) is 67.1 Å². The molecule has 5 aromatic rings. The Morgan fingerprint density at radius 2 is 1.82 bits per heavy atom. The Labute approximate surface area is 253 Å². The second-order valence-electron chi connectivity index (χ2n) is 12.2. The van der Waals surface area contributed by atoms with Crippen LogP contribution in [0.3, 0.4) is 0 Å². The minimum Gasteiger partial charge on any atom is -0.489 e. The van der Waals surface area contributed by atoms with Crippen LogP contribution in [0, 0.1) is 13.8 Å². The van der Waals surface area contributed by atoms with Gasteiger partial charge in [-0.25, -0.2) is 4.98 Å². The Morgan fingerprint density at radius 3 is 2.50 bits per heavy atom. The van der Waals surface area contributed by atoms with Gasteiger partial charge in [-0.1, -0.05) is 32.9 Å². The second kappa shape index (κ2) is 11.5. The van der Waals surface area contributed by atoms with Crippen molar-refractivity contribution in [3.05, 3.63) is 76.7 Å². The number of carbonyl (C=O) groups is 1.